The van der Waals surface area contributed by atoms with Crippen molar-refractivity contribution < 1.29 is 9.90 Å². The molecule has 1 aliphatic heterocycles. The molecule has 0 aromatic carbocycles. The Morgan fingerprint density at radius 3 is 2.73 bits per heavy atom. The van der Waals surface area contributed by atoms with Crippen molar-refractivity contribution >= 4 is 5.97 Å². The molecule has 0 fully saturated rings. The van der Waals surface area contributed by atoms with Crippen molar-refractivity contribution in [2.45, 2.75) is 19.5 Å². The number of rotatable bonds is 4. The van der Waals surface area contributed by atoms with Gasteiger partial charge >= 0.3 is 5.97 Å². The van der Waals surface area contributed by atoms with Crippen LogP contribution < -0.4 is 0 Å². The number of aromatic nitrogens is 4. The Morgan fingerprint density at radius 1 is 1.23 bits per heavy atom. The van der Waals surface area contributed by atoms with Gasteiger partial charge in [0.15, 0.2) is 0 Å². The quantitative estimate of drug-likeness (QED) is 0.777. The van der Waals surface area contributed by atoms with Crippen molar-refractivity contribution in [2.24, 2.45) is 7.05 Å². The van der Waals surface area contributed by atoms with E-state index in [1.807, 2.05) is 18.3 Å². The minimum Gasteiger partial charge on any atom is -0.478 e. The van der Waals surface area contributed by atoms with Gasteiger partial charge in [-0.2, -0.15) is 5.10 Å². The molecule has 132 valence electrons. The molecule has 4 rings (SSSR count). The SMILES string of the molecule is Cn1nccc1-c1ncc2c(c1C(=O)O)CCN(Cc1ccncc1)C2. The van der Waals surface area contributed by atoms with Gasteiger partial charge in [0.2, 0.25) is 0 Å². The predicted molar refractivity (Wildman–Crippen MR) is 95.5 cm³/mol. The van der Waals surface area contributed by atoms with Gasteiger partial charge in [0, 0.05) is 51.5 Å². The number of carboxylic acid groups (broad SMARTS) is 1. The minimum absolute atomic E-state index is 0.301. The highest BCUT2D eigenvalue weighted by Gasteiger charge is 2.26. The molecule has 1 aliphatic rings. The van der Waals surface area contributed by atoms with Crippen molar-refractivity contribution in [1.29, 1.82) is 0 Å². The molecule has 0 radical (unpaired) electrons. The van der Waals surface area contributed by atoms with Gasteiger partial charge in [-0.25, -0.2) is 4.79 Å². The zero-order valence-corrected chi connectivity index (χ0v) is 14.5. The van der Waals surface area contributed by atoms with E-state index in [1.54, 1.807) is 36.4 Å². The molecule has 26 heavy (non-hydrogen) atoms. The summed E-state index contributed by atoms with van der Waals surface area (Å²) in [5, 5.41) is 14.0. The van der Waals surface area contributed by atoms with Crippen molar-refractivity contribution in [1.82, 2.24) is 24.6 Å². The number of hydrogen-bond donors (Lipinski definition) is 1. The average Bonchev–Trinajstić information content (AvgIpc) is 3.07. The van der Waals surface area contributed by atoms with Crippen LogP contribution >= 0.6 is 0 Å². The summed E-state index contributed by atoms with van der Waals surface area (Å²) in [4.78, 5) is 22.8. The van der Waals surface area contributed by atoms with Crippen LogP contribution in [0.15, 0.2) is 43.0 Å². The molecule has 0 aliphatic carbocycles. The monoisotopic (exact) mass is 349 g/mol. The Balaban J connectivity index is 1.68. The highest BCUT2D eigenvalue weighted by atomic mass is 16.4. The van der Waals surface area contributed by atoms with E-state index in [0.717, 1.165) is 24.2 Å². The number of carbonyl (C=O) groups is 1. The van der Waals surface area contributed by atoms with E-state index >= 15 is 0 Å². The first-order chi connectivity index (χ1) is 12.6. The molecule has 0 saturated heterocycles. The molecule has 0 amide bonds. The van der Waals surface area contributed by atoms with E-state index in [-0.39, 0.29) is 0 Å². The Kier molecular flexibility index (Phi) is 4.22. The van der Waals surface area contributed by atoms with Crippen LogP contribution in [0, 0.1) is 0 Å². The van der Waals surface area contributed by atoms with Crippen LogP contribution in [0.5, 0.6) is 0 Å². The molecule has 0 spiro atoms. The topological polar surface area (TPSA) is 84.1 Å². The normalized spacial score (nSPS) is 14.2. The summed E-state index contributed by atoms with van der Waals surface area (Å²) in [6, 6.07) is 5.80. The van der Waals surface area contributed by atoms with Crippen molar-refractivity contribution in [2.75, 3.05) is 6.54 Å². The van der Waals surface area contributed by atoms with Crippen LogP contribution in [-0.4, -0.2) is 42.3 Å². The van der Waals surface area contributed by atoms with E-state index in [1.165, 1.54) is 5.56 Å². The van der Waals surface area contributed by atoms with Crippen molar-refractivity contribution in [3.05, 3.63) is 65.2 Å². The maximum atomic E-state index is 12.0. The van der Waals surface area contributed by atoms with Crippen LogP contribution in [0.4, 0.5) is 0 Å². The van der Waals surface area contributed by atoms with Gasteiger partial charge in [-0.1, -0.05) is 0 Å². The Morgan fingerprint density at radius 2 is 2.04 bits per heavy atom. The first kappa shape index (κ1) is 16.4. The third kappa shape index (κ3) is 2.97. The zero-order valence-electron chi connectivity index (χ0n) is 14.5. The summed E-state index contributed by atoms with van der Waals surface area (Å²) in [6.45, 7) is 2.31. The van der Waals surface area contributed by atoms with Crippen LogP contribution in [-0.2, 0) is 26.6 Å². The number of carboxylic acids is 1. The molecule has 0 saturated carbocycles. The standard InChI is InChI=1S/C19H19N5O2/c1-23-16(4-8-22-23)18-17(19(25)26)15-5-9-24(12-14(15)10-21-18)11-13-2-6-20-7-3-13/h2-4,6-8,10H,5,9,11-12H2,1H3,(H,25,26). The molecule has 3 aromatic heterocycles. The van der Waals surface area contributed by atoms with Gasteiger partial charge in [0.1, 0.15) is 5.69 Å². The predicted octanol–water partition coefficient (Wildman–Crippen LogP) is 2.13. The molecule has 0 unspecified atom stereocenters. The van der Waals surface area contributed by atoms with Crippen LogP contribution in [0.3, 0.4) is 0 Å². The maximum Gasteiger partial charge on any atom is 0.338 e. The molecule has 7 heteroatoms. The Labute approximate surface area is 150 Å². The average molecular weight is 349 g/mol. The number of nitrogens with zero attached hydrogens (tertiary/aromatic N) is 5. The van der Waals surface area contributed by atoms with Gasteiger partial charge < -0.3 is 5.11 Å². The molecule has 0 bridgehead atoms. The number of aromatic carboxylic acids is 1. The van der Waals surface area contributed by atoms with E-state index in [9.17, 15) is 9.90 Å². The first-order valence-corrected chi connectivity index (χ1v) is 8.47. The van der Waals surface area contributed by atoms with Crippen LogP contribution in [0.2, 0.25) is 0 Å². The summed E-state index contributed by atoms with van der Waals surface area (Å²) in [6.07, 6.45) is 7.73. The maximum absolute atomic E-state index is 12.0. The lowest BCUT2D eigenvalue weighted by Gasteiger charge is -2.29. The van der Waals surface area contributed by atoms with E-state index in [0.29, 0.717) is 29.9 Å². The summed E-state index contributed by atoms with van der Waals surface area (Å²) in [5.74, 6) is -0.937. The second-order valence-corrected chi connectivity index (χ2v) is 6.45. The van der Waals surface area contributed by atoms with E-state index < -0.39 is 5.97 Å². The fourth-order valence-electron chi connectivity index (χ4n) is 3.51. The second kappa shape index (κ2) is 6.68. The van der Waals surface area contributed by atoms with Crippen molar-refractivity contribution in [3.63, 3.8) is 0 Å². The summed E-state index contributed by atoms with van der Waals surface area (Å²) in [5.41, 5.74) is 4.56. The van der Waals surface area contributed by atoms with Crippen molar-refractivity contribution in [3.8, 4) is 11.4 Å². The lowest BCUT2D eigenvalue weighted by atomic mass is 9.93. The smallest absolute Gasteiger partial charge is 0.338 e. The number of aryl methyl sites for hydroxylation is 1. The highest BCUT2D eigenvalue weighted by molar-refractivity contribution is 5.96. The lowest BCUT2D eigenvalue weighted by molar-refractivity contribution is 0.0695. The number of hydrogen-bond acceptors (Lipinski definition) is 5. The fraction of sp³-hybridized carbons (Fsp3) is 0.263. The van der Waals surface area contributed by atoms with Crippen LogP contribution in [0.25, 0.3) is 11.4 Å². The third-order valence-corrected chi connectivity index (χ3v) is 4.78. The molecular weight excluding hydrogens is 330 g/mol. The molecule has 4 heterocycles. The number of pyridine rings is 2. The van der Waals surface area contributed by atoms with E-state index in [4.69, 9.17) is 0 Å². The molecular formula is C19H19N5O2. The highest BCUT2D eigenvalue weighted by Crippen LogP contribution is 2.30. The summed E-state index contributed by atoms with van der Waals surface area (Å²) >= 11 is 0. The Hall–Kier alpha value is -3.06. The largest absolute Gasteiger partial charge is 0.478 e. The third-order valence-electron chi connectivity index (χ3n) is 4.78. The van der Waals surface area contributed by atoms with Gasteiger partial charge in [-0.15, -0.1) is 0 Å². The summed E-state index contributed by atoms with van der Waals surface area (Å²) < 4.78 is 1.65. The molecule has 7 nitrogen and oxygen atoms in total. The molecule has 0 atom stereocenters. The number of fused-ring (bicyclic) bond motifs is 1. The van der Waals surface area contributed by atoms with E-state index in [2.05, 4.69) is 20.0 Å². The van der Waals surface area contributed by atoms with Gasteiger partial charge in [0.05, 0.1) is 11.3 Å². The van der Waals surface area contributed by atoms with Gasteiger partial charge in [-0.3, -0.25) is 19.5 Å². The second-order valence-electron chi connectivity index (χ2n) is 6.45. The van der Waals surface area contributed by atoms with Gasteiger partial charge in [0.25, 0.3) is 0 Å². The minimum atomic E-state index is -0.937. The first-order valence-electron chi connectivity index (χ1n) is 8.47. The zero-order chi connectivity index (χ0) is 18.1. The van der Waals surface area contributed by atoms with Gasteiger partial charge in [-0.05, 0) is 41.3 Å². The molecule has 3 aromatic rings. The Bertz CT molecular complexity index is 952. The summed E-state index contributed by atoms with van der Waals surface area (Å²) in [7, 11) is 1.79. The lowest BCUT2D eigenvalue weighted by Crippen LogP contribution is -2.31. The molecule has 1 N–H and O–H groups in total. The fourth-order valence-corrected chi connectivity index (χ4v) is 3.51. The van der Waals surface area contributed by atoms with Crippen LogP contribution in [0.1, 0.15) is 27.0 Å².